The highest BCUT2D eigenvalue weighted by molar-refractivity contribution is 5.40. The van der Waals surface area contributed by atoms with Crippen LogP contribution in [0.4, 0.5) is 0 Å². The molecule has 0 unspecified atom stereocenters. The third kappa shape index (κ3) is 1.36. The van der Waals surface area contributed by atoms with Gasteiger partial charge in [-0.2, -0.15) is 0 Å². The third-order valence-electron chi connectivity index (χ3n) is 3.68. The minimum atomic E-state index is 0.164. The molecule has 1 heteroatoms. The second-order valence-electron chi connectivity index (χ2n) is 4.95. The van der Waals surface area contributed by atoms with E-state index in [0.29, 0.717) is 0 Å². The summed E-state index contributed by atoms with van der Waals surface area (Å²) in [7, 11) is 0. The molecule has 2 aliphatic rings. The average molecular weight is 187 g/mol. The lowest BCUT2D eigenvalue weighted by Crippen LogP contribution is -2.25. The summed E-state index contributed by atoms with van der Waals surface area (Å²) < 4.78 is 0. The Hall–Kier alpha value is -0.820. The van der Waals surface area contributed by atoms with Crippen molar-refractivity contribution in [2.24, 2.45) is 5.73 Å². The molecule has 0 heterocycles. The average Bonchev–Trinajstić information content (AvgIpc) is 2.73. The Morgan fingerprint density at radius 3 is 2.86 bits per heavy atom. The van der Waals surface area contributed by atoms with Crippen LogP contribution in [0.3, 0.4) is 0 Å². The number of hydrogen-bond donors (Lipinski definition) is 1. The van der Waals surface area contributed by atoms with Gasteiger partial charge in [0.05, 0.1) is 0 Å². The van der Waals surface area contributed by atoms with Gasteiger partial charge in [-0.05, 0) is 55.2 Å². The van der Waals surface area contributed by atoms with E-state index in [2.05, 4.69) is 18.2 Å². The van der Waals surface area contributed by atoms with Crippen molar-refractivity contribution < 1.29 is 0 Å². The molecule has 1 nitrogen and oxygen atoms in total. The number of aryl methyl sites for hydroxylation is 1. The number of benzene rings is 1. The SMILES string of the molecule is NC1(Cc2cccc3c2CCC3)CC1. The van der Waals surface area contributed by atoms with Crippen molar-refractivity contribution in [3.63, 3.8) is 0 Å². The first-order chi connectivity index (χ1) is 6.77. The summed E-state index contributed by atoms with van der Waals surface area (Å²) >= 11 is 0. The second-order valence-corrected chi connectivity index (χ2v) is 4.95. The van der Waals surface area contributed by atoms with Gasteiger partial charge >= 0.3 is 0 Å². The zero-order valence-electron chi connectivity index (χ0n) is 8.55. The quantitative estimate of drug-likeness (QED) is 0.754. The van der Waals surface area contributed by atoms with Crippen LogP contribution in [-0.4, -0.2) is 5.54 Å². The van der Waals surface area contributed by atoms with Gasteiger partial charge in [0.15, 0.2) is 0 Å². The van der Waals surface area contributed by atoms with Crippen LogP contribution in [0.15, 0.2) is 18.2 Å². The van der Waals surface area contributed by atoms with Crippen LogP contribution in [0.25, 0.3) is 0 Å². The van der Waals surface area contributed by atoms with Crippen molar-refractivity contribution in [2.75, 3.05) is 0 Å². The molecule has 0 aromatic heterocycles. The van der Waals surface area contributed by atoms with Crippen LogP contribution in [0.2, 0.25) is 0 Å². The molecule has 1 aromatic carbocycles. The van der Waals surface area contributed by atoms with Crippen molar-refractivity contribution >= 4 is 0 Å². The van der Waals surface area contributed by atoms with E-state index < -0.39 is 0 Å². The number of nitrogens with two attached hydrogens (primary N) is 1. The van der Waals surface area contributed by atoms with Crippen molar-refractivity contribution in [2.45, 2.75) is 44.1 Å². The predicted molar refractivity (Wildman–Crippen MR) is 58.3 cm³/mol. The van der Waals surface area contributed by atoms with E-state index in [4.69, 9.17) is 5.73 Å². The fraction of sp³-hybridized carbons (Fsp3) is 0.538. The largest absolute Gasteiger partial charge is 0.325 e. The third-order valence-corrected chi connectivity index (χ3v) is 3.68. The lowest BCUT2D eigenvalue weighted by molar-refractivity contribution is 0.668. The van der Waals surface area contributed by atoms with Gasteiger partial charge in [0.2, 0.25) is 0 Å². The van der Waals surface area contributed by atoms with E-state index in [1.54, 1.807) is 11.1 Å². The molecule has 0 radical (unpaired) electrons. The predicted octanol–water partition coefficient (Wildman–Crippen LogP) is 2.21. The van der Waals surface area contributed by atoms with Gasteiger partial charge in [0.1, 0.15) is 0 Å². The molecule has 1 saturated carbocycles. The van der Waals surface area contributed by atoms with Crippen LogP contribution < -0.4 is 5.73 Å². The number of rotatable bonds is 2. The summed E-state index contributed by atoms with van der Waals surface area (Å²) in [6.07, 6.45) is 7.44. The molecule has 1 aromatic rings. The highest BCUT2D eigenvalue weighted by Crippen LogP contribution is 2.37. The Morgan fingerprint density at radius 2 is 2.07 bits per heavy atom. The Morgan fingerprint density at radius 1 is 1.21 bits per heavy atom. The molecule has 0 spiro atoms. The van der Waals surface area contributed by atoms with Crippen LogP contribution in [0.5, 0.6) is 0 Å². The minimum Gasteiger partial charge on any atom is -0.325 e. The Kier molecular flexibility index (Phi) is 1.72. The van der Waals surface area contributed by atoms with Gasteiger partial charge < -0.3 is 5.73 Å². The topological polar surface area (TPSA) is 26.0 Å². The molecule has 2 aliphatic carbocycles. The number of fused-ring (bicyclic) bond motifs is 1. The highest BCUT2D eigenvalue weighted by Gasteiger charge is 2.38. The summed E-state index contributed by atoms with van der Waals surface area (Å²) in [5.74, 6) is 0. The van der Waals surface area contributed by atoms with E-state index in [1.807, 2.05) is 0 Å². The fourth-order valence-electron chi connectivity index (χ4n) is 2.58. The highest BCUT2D eigenvalue weighted by atomic mass is 14.8. The number of hydrogen-bond acceptors (Lipinski definition) is 1. The zero-order valence-corrected chi connectivity index (χ0v) is 8.55. The maximum absolute atomic E-state index is 6.17. The molecular weight excluding hydrogens is 170 g/mol. The molecule has 14 heavy (non-hydrogen) atoms. The Balaban J connectivity index is 1.94. The van der Waals surface area contributed by atoms with Crippen molar-refractivity contribution in [3.8, 4) is 0 Å². The second kappa shape index (κ2) is 2.83. The molecule has 0 atom stereocenters. The molecule has 2 N–H and O–H groups in total. The molecule has 0 saturated heterocycles. The van der Waals surface area contributed by atoms with Gasteiger partial charge in [-0.15, -0.1) is 0 Å². The normalized spacial score (nSPS) is 22.1. The van der Waals surface area contributed by atoms with E-state index in [0.717, 1.165) is 6.42 Å². The lowest BCUT2D eigenvalue weighted by Gasteiger charge is -2.12. The molecule has 1 fully saturated rings. The summed E-state index contributed by atoms with van der Waals surface area (Å²) in [5, 5.41) is 0. The van der Waals surface area contributed by atoms with Crippen LogP contribution in [0, 0.1) is 0 Å². The maximum Gasteiger partial charge on any atom is 0.0196 e. The standard InChI is InChI=1S/C13H17N/c14-13(7-8-13)9-11-5-1-3-10-4-2-6-12(10)11/h1,3,5H,2,4,6-9,14H2. The molecule has 0 aliphatic heterocycles. The van der Waals surface area contributed by atoms with E-state index in [1.165, 1.54) is 37.7 Å². The van der Waals surface area contributed by atoms with E-state index >= 15 is 0 Å². The minimum absolute atomic E-state index is 0.164. The van der Waals surface area contributed by atoms with Crippen LogP contribution >= 0.6 is 0 Å². The van der Waals surface area contributed by atoms with Crippen LogP contribution in [-0.2, 0) is 19.3 Å². The summed E-state index contributed by atoms with van der Waals surface area (Å²) in [6.45, 7) is 0. The Bertz CT molecular complexity index is 363. The summed E-state index contributed by atoms with van der Waals surface area (Å²) in [6, 6.07) is 6.75. The van der Waals surface area contributed by atoms with Gasteiger partial charge in [-0.3, -0.25) is 0 Å². The lowest BCUT2D eigenvalue weighted by atomic mass is 9.97. The molecule has 74 valence electrons. The van der Waals surface area contributed by atoms with Crippen LogP contribution in [0.1, 0.15) is 36.0 Å². The molecule has 0 bridgehead atoms. The van der Waals surface area contributed by atoms with Gasteiger partial charge in [0, 0.05) is 5.54 Å². The first kappa shape index (κ1) is 8.49. The van der Waals surface area contributed by atoms with E-state index in [9.17, 15) is 0 Å². The molecular formula is C13H17N. The fourth-order valence-corrected chi connectivity index (χ4v) is 2.58. The summed E-state index contributed by atoms with van der Waals surface area (Å²) in [4.78, 5) is 0. The van der Waals surface area contributed by atoms with E-state index in [-0.39, 0.29) is 5.54 Å². The summed E-state index contributed by atoms with van der Waals surface area (Å²) in [5.41, 5.74) is 11.1. The molecule has 0 amide bonds. The first-order valence-electron chi connectivity index (χ1n) is 5.65. The van der Waals surface area contributed by atoms with Crippen molar-refractivity contribution in [1.29, 1.82) is 0 Å². The smallest absolute Gasteiger partial charge is 0.0196 e. The van der Waals surface area contributed by atoms with Gasteiger partial charge in [0.25, 0.3) is 0 Å². The van der Waals surface area contributed by atoms with Crippen molar-refractivity contribution in [3.05, 3.63) is 34.9 Å². The van der Waals surface area contributed by atoms with Crippen molar-refractivity contribution in [1.82, 2.24) is 0 Å². The maximum atomic E-state index is 6.17. The molecule has 3 rings (SSSR count). The Labute approximate surface area is 85.3 Å². The zero-order chi connectivity index (χ0) is 9.60. The van der Waals surface area contributed by atoms with Gasteiger partial charge in [-0.1, -0.05) is 18.2 Å². The first-order valence-corrected chi connectivity index (χ1v) is 5.65. The van der Waals surface area contributed by atoms with Gasteiger partial charge in [-0.25, -0.2) is 0 Å². The monoisotopic (exact) mass is 187 g/mol.